The summed E-state index contributed by atoms with van der Waals surface area (Å²) in [6, 6.07) is 11.3. The number of nitrogens with zero attached hydrogens (tertiary/aromatic N) is 4. The molecule has 0 bridgehead atoms. The van der Waals surface area contributed by atoms with Gasteiger partial charge in [0.05, 0.1) is 5.56 Å². The first-order valence-corrected chi connectivity index (χ1v) is 7.63. The second-order valence-corrected chi connectivity index (χ2v) is 5.44. The molecule has 116 valence electrons. The van der Waals surface area contributed by atoms with Crippen LogP contribution in [0.1, 0.15) is 21.5 Å². The Balaban J connectivity index is 1.82. The number of carbonyl (C=O) groups excluding carboxylic acids is 1. The molecule has 2 aromatic rings. The smallest absolute Gasteiger partial charge is 0.280 e. The summed E-state index contributed by atoms with van der Waals surface area (Å²) in [6.07, 6.45) is 10.9. The van der Waals surface area contributed by atoms with E-state index in [2.05, 4.69) is 15.0 Å². The van der Waals surface area contributed by atoms with Gasteiger partial charge in [-0.05, 0) is 29.8 Å². The average molecular weight is 314 g/mol. The SMILES string of the molecule is O=C(N=C1N=C2C=CC=CN2Cc2ccccc21)c1cccnc1. The van der Waals surface area contributed by atoms with E-state index in [1.54, 1.807) is 18.3 Å². The standard InChI is InChI=1S/C19H14N4O/c24-19(14-7-5-10-20-12-14)22-18-16-8-2-1-6-15(16)13-23-11-4-3-9-17(23)21-18/h1-12H,13H2. The summed E-state index contributed by atoms with van der Waals surface area (Å²) in [5, 5.41) is 0. The van der Waals surface area contributed by atoms with Crippen LogP contribution in [0.15, 0.2) is 83.2 Å². The maximum Gasteiger partial charge on any atom is 0.280 e. The minimum Gasteiger partial charge on any atom is -0.329 e. The van der Waals surface area contributed by atoms with Crippen LogP contribution in [-0.2, 0) is 6.54 Å². The molecule has 2 aliphatic rings. The van der Waals surface area contributed by atoms with Gasteiger partial charge in [0.2, 0.25) is 0 Å². The molecule has 0 saturated carbocycles. The van der Waals surface area contributed by atoms with Crippen LogP contribution < -0.4 is 0 Å². The molecule has 5 heteroatoms. The Hall–Kier alpha value is -3.34. The van der Waals surface area contributed by atoms with Crippen LogP contribution in [0.4, 0.5) is 0 Å². The van der Waals surface area contributed by atoms with Gasteiger partial charge in [0.15, 0.2) is 5.84 Å². The van der Waals surface area contributed by atoms with Gasteiger partial charge in [-0.15, -0.1) is 0 Å². The number of carbonyl (C=O) groups is 1. The fourth-order valence-electron chi connectivity index (χ4n) is 2.67. The zero-order valence-corrected chi connectivity index (χ0v) is 12.8. The highest BCUT2D eigenvalue weighted by Gasteiger charge is 2.20. The zero-order chi connectivity index (χ0) is 16.4. The highest BCUT2D eigenvalue weighted by molar-refractivity contribution is 6.16. The van der Waals surface area contributed by atoms with Crippen LogP contribution in [0.3, 0.4) is 0 Å². The van der Waals surface area contributed by atoms with Crippen molar-refractivity contribution in [2.75, 3.05) is 0 Å². The van der Waals surface area contributed by atoms with E-state index in [-0.39, 0.29) is 5.91 Å². The van der Waals surface area contributed by atoms with Gasteiger partial charge in [-0.1, -0.05) is 30.3 Å². The van der Waals surface area contributed by atoms with Gasteiger partial charge >= 0.3 is 0 Å². The Bertz CT molecular complexity index is 910. The van der Waals surface area contributed by atoms with E-state index in [1.165, 1.54) is 6.20 Å². The number of amides is 1. The van der Waals surface area contributed by atoms with Gasteiger partial charge in [-0.25, -0.2) is 4.99 Å². The molecule has 0 N–H and O–H groups in total. The molecule has 1 amide bonds. The Morgan fingerprint density at radius 2 is 2.04 bits per heavy atom. The lowest BCUT2D eigenvalue weighted by atomic mass is 10.1. The monoisotopic (exact) mass is 314 g/mol. The van der Waals surface area contributed by atoms with Gasteiger partial charge in [0, 0.05) is 30.7 Å². The van der Waals surface area contributed by atoms with Gasteiger partial charge in [-0.2, -0.15) is 4.99 Å². The van der Waals surface area contributed by atoms with Crippen LogP contribution in [0.2, 0.25) is 0 Å². The van der Waals surface area contributed by atoms with Crippen LogP contribution in [0.25, 0.3) is 0 Å². The quantitative estimate of drug-likeness (QED) is 0.813. The van der Waals surface area contributed by atoms with Crippen molar-refractivity contribution in [1.82, 2.24) is 9.88 Å². The second kappa shape index (κ2) is 6.04. The first-order chi connectivity index (χ1) is 11.8. The Morgan fingerprint density at radius 3 is 2.92 bits per heavy atom. The molecular formula is C19H14N4O. The topological polar surface area (TPSA) is 57.9 Å². The third-order valence-corrected chi connectivity index (χ3v) is 3.85. The summed E-state index contributed by atoms with van der Waals surface area (Å²) in [5.41, 5.74) is 2.40. The molecule has 1 aromatic heterocycles. The van der Waals surface area contributed by atoms with E-state index in [9.17, 15) is 4.79 Å². The molecule has 3 heterocycles. The molecule has 0 saturated heterocycles. The van der Waals surface area contributed by atoms with Crippen molar-refractivity contribution in [2.24, 2.45) is 9.98 Å². The van der Waals surface area contributed by atoms with E-state index < -0.39 is 0 Å². The number of hydrogen-bond donors (Lipinski definition) is 0. The molecule has 0 spiro atoms. The minimum absolute atomic E-state index is 0.346. The molecular weight excluding hydrogens is 300 g/mol. The molecule has 24 heavy (non-hydrogen) atoms. The molecule has 4 rings (SSSR count). The van der Waals surface area contributed by atoms with Crippen LogP contribution in [0.5, 0.6) is 0 Å². The normalized spacial score (nSPS) is 17.1. The molecule has 0 unspecified atom stereocenters. The molecule has 0 radical (unpaired) electrons. The summed E-state index contributed by atoms with van der Waals surface area (Å²) in [6.45, 7) is 0.690. The fraction of sp³-hybridized carbons (Fsp3) is 0.0526. The van der Waals surface area contributed by atoms with E-state index in [4.69, 9.17) is 0 Å². The number of rotatable bonds is 1. The Kier molecular flexibility index (Phi) is 3.59. The molecule has 2 aliphatic heterocycles. The van der Waals surface area contributed by atoms with Crippen molar-refractivity contribution in [2.45, 2.75) is 6.54 Å². The molecule has 5 nitrogen and oxygen atoms in total. The van der Waals surface area contributed by atoms with Crippen molar-refractivity contribution >= 4 is 17.6 Å². The first-order valence-electron chi connectivity index (χ1n) is 7.63. The number of amidine groups is 2. The summed E-state index contributed by atoms with van der Waals surface area (Å²) in [5.74, 6) is 0.851. The number of aromatic nitrogens is 1. The number of aliphatic imine (C=N–C) groups is 2. The van der Waals surface area contributed by atoms with Crippen molar-refractivity contribution in [3.63, 3.8) is 0 Å². The lowest BCUT2D eigenvalue weighted by Crippen LogP contribution is -2.24. The number of pyridine rings is 1. The Morgan fingerprint density at radius 1 is 1.12 bits per heavy atom. The van der Waals surface area contributed by atoms with Gasteiger partial charge < -0.3 is 4.90 Å². The van der Waals surface area contributed by atoms with E-state index >= 15 is 0 Å². The van der Waals surface area contributed by atoms with Crippen molar-refractivity contribution in [3.05, 3.63) is 89.9 Å². The van der Waals surface area contributed by atoms with Crippen molar-refractivity contribution < 1.29 is 4.79 Å². The molecule has 0 fully saturated rings. The number of fused-ring (bicyclic) bond motifs is 2. The highest BCUT2D eigenvalue weighted by atomic mass is 16.1. The van der Waals surface area contributed by atoms with Crippen molar-refractivity contribution in [1.29, 1.82) is 0 Å². The lowest BCUT2D eigenvalue weighted by molar-refractivity contribution is 0.100. The number of hydrogen-bond acceptors (Lipinski definition) is 3. The van der Waals surface area contributed by atoms with Gasteiger partial charge in [-0.3, -0.25) is 9.78 Å². The van der Waals surface area contributed by atoms with Gasteiger partial charge in [0.1, 0.15) is 5.84 Å². The summed E-state index contributed by atoms with van der Waals surface area (Å²) < 4.78 is 0. The van der Waals surface area contributed by atoms with E-state index in [0.29, 0.717) is 17.9 Å². The second-order valence-electron chi connectivity index (χ2n) is 5.44. The number of benzene rings is 1. The maximum atomic E-state index is 12.5. The maximum absolute atomic E-state index is 12.5. The minimum atomic E-state index is -0.346. The third-order valence-electron chi connectivity index (χ3n) is 3.85. The van der Waals surface area contributed by atoms with Gasteiger partial charge in [0.25, 0.3) is 5.91 Å². The van der Waals surface area contributed by atoms with E-state index in [1.807, 2.05) is 53.6 Å². The fourth-order valence-corrected chi connectivity index (χ4v) is 2.67. The summed E-state index contributed by atoms with van der Waals surface area (Å²) in [4.78, 5) is 27.3. The number of allylic oxidation sites excluding steroid dienone is 2. The Labute approximate surface area is 139 Å². The largest absolute Gasteiger partial charge is 0.329 e. The molecule has 0 aliphatic carbocycles. The predicted molar refractivity (Wildman–Crippen MR) is 92.8 cm³/mol. The van der Waals surface area contributed by atoms with Crippen LogP contribution in [0, 0.1) is 0 Å². The predicted octanol–water partition coefficient (Wildman–Crippen LogP) is 2.97. The summed E-state index contributed by atoms with van der Waals surface area (Å²) in [7, 11) is 0. The van der Waals surface area contributed by atoms with E-state index in [0.717, 1.165) is 17.0 Å². The molecule has 0 atom stereocenters. The summed E-state index contributed by atoms with van der Waals surface area (Å²) >= 11 is 0. The lowest BCUT2D eigenvalue weighted by Gasteiger charge is -2.20. The van der Waals surface area contributed by atoms with Crippen molar-refractivity contribution in [3.8, 4) is 0 Å². The van der Waals surface area contributed by atoms with Crippen LogP contribution in [-0.4, -0.2) is 27.5 Å². The average Bonchev–Trinajstić information content (AvgIpc) is 2.79. The van der Waals surface area contributed by atoms with Crippen LogP contribution >= 0.6 is 0 Å². The molecule has 1 aromatic carbocycles. The third kappa shape index (κ3) is 2.67. The first kappa shape index (κ1) is 14.3. The highest BCUT2D eigenvalue weighted by Crippen LogP contribution is 2.20. The zero-order valence-electron chi connectivity index (χ0n) is 12.8.